The van der Waals surface area contributed by atoms with E-state index in [1.54, 1.807) is 11.3 Å². The van der Waals surface area contributed by atoms with Crippen molar-refractivity contribution in [3.8, 4) is 5.75 Å². The van der Waals surface area contributed by atoms with Crippen molar-refractivity contribution < 1.29 is 9.53 Å². The van der Waals surface area contributed by atoms with Gasteiger partial charge in [-0.25, -0.2) is 4.98 Å². The topological polar surface area (TPSA) is 54.5 Å². The maximum absolute atomic E-state index is 12.4. The number of thiazole rings is 1. The molecular formula is C22H23N3O2S. The molecule has 4 rings (SSSR count). The van der Waals surface area contributed by atoms with Crippen LogP contribution in [0.5, 0.6) is 5.75 Å². The number of amides is 1. The molecule has 1 aromatic heterocycles. The number of fused-ring (bicyclic) bond motifs is 1. The fourth-order valence-electron chi connectivity index (χ4n) is 3.28. The van der Waals surface area contributed by atoms with Crippen LogP contribution in [0.15, 0.2) is 54.6 Å². The van der Waals surface area contributed by atoms with Gasteiger partial charge in [0.2, 0.25) is 0 Å². The van der Waals surface area contributed by atoms with Crippen molar-refractivity contribution in [2.75, 3.05) is 25.5 Å². The lowest BCUT2D eigenvalue weighted by atomic mass is 10.0. The Kier molecular flexibility index (Phi) is 5.69. The second kappa shape index (κ2) is 8.54. The lowest BCUT2D eigenvalue weighted by Gasteiger charge is -2.20. The van der Waals surface area contributed by atoms with Gasteiger partial charge in [-0.05, 0) is 24.2 Å². The molecule has 0 saturated heterocycles. The second-order valence-corrected chi connectivity index (χ2v) is 8.07. The molecule has 2 heterocycles. The Morgan fingerprint density at radius 2 is 1.96 bits per heavy atom. The zero-order valence-corrected chi connectivity index (χ0v) is 16.7. The first-order chi connectivity index (χ1) is 13.7. The van der Waals surface area contributed by atoms with E-state index in [0.29, 0.717) is 5.13 Å². The number of carbonyl (C=O) groups excluding carboxylic acids is 1. The van der Waals surface area contributed by atoms with Gasteiger partial charge in [0.15, 0.2) is 11.7 Å². The number of nitrogens with zero attached hydrogens (tertiary/aromatic N) is 2. The van der Waals surface area contributed by atoms with Gasteiger partial charge in [0.1, 0.15) is 5.75 Å². The lowest BCUT2D eigenvalue weighted by Crippen LogP contribution is -2.25. The highest BCUT2D eigenvalue weighted by molar-refractivity contribution is 7.15. The molecule has 0 bridgehead atoms. The third-order valence-corrected chi connectivity index (χ3v) is 5.74. The van der Waals surface area contributed by atoms with E-state index in [-0.39, 0.29) is 12.5 Å². The van der Waals surface area contributed by atoms with Gasteiger partial charge >= 0.3 is 0 Å². The first kappa shape index (κ1) is 18.7. The minimum atomic E-state index is -0.186. The lowest BCUT2D eigenvalue weighted by molar-refractivity contribution is -0.118. The number of nitrogens with one attached hydrogen (secondary N) is 1. The van der Waals surface area contributed by atoms with E-state index < -0.39 is 0 Å². The summed E-state index contributed by atoms with van der Waals surface area (Å²) in [7, 11) is 2.10. The minimum absolute atomic E-state index is 0.0318. The summed E-state index contributed by atoms with van der Waals surface area (Å²) in [6.45, 7) is 1.87. The van der Waals surface area contributed by atoms with Gasteiger partial charge in [-0.15, -0.1) is 11.3 Å². The van der Waals surface area contributed by atoms with E-state index in [1.807, 2.05) is 42.5 Å². The molecule has 1 amide bonds. The number of hydrogen-bond donors (Lipinski definition) is 1. The van der Waals surface area contributed by atoms with Crippen LogP contribution in [0.1, 0.15) is 21.7 Å². The molecular weight excluding hydrogens is 370 g/mol. The van der Waals surface area contributed by atoms with Crippen molar-refractivity contribution in [3.63, 3.8) is 0 Å². The molecule has 0 atom stereocenters. The SMILES string of the molecule is CN1CCc2nc(NC(=O)COc3ccccc3Cc3ccccc3)sc2C1. The molecule has 3 aromatic rings. The standard InChI is InChI=1S/C22H23N3O2S/c1-25-12-11-18-20(14-25)28-22(23-18)24-21(26)15-27-19-10-6-5-9-17(19)13-16-7-3-2-4-8-16/h2-10H,11-15H2,1H3,(H,23,24,26). The third-order valence-electron chi connectivity index (χ3n) is 4.74. The molecule has 0 spiro atoms. The summed E-state index contributed by atoms with van der Waals surface area (Å²) in [4.78, 5) is 20.4. The highest BCUT2D eigenvalue weighted by atomic mass is 32.1. The van der Waals surface area contributed by atoms with Gasteiger partial charge in [0, 0.05) is 30.8 Å². The van der Waals surface area contributed by atoms with E-state index >= 15 is 0 Å². The van der Waals surface area contributed by atoms with Crippen LogP contribution in [0.3, 0.4) is 0 Å². The number of hydrogen-bond acceptors (Lipinski definition) is 5. The minimum Gasteiger partial charge on any atom is -0.483 e. The van der Waals surface area contributed by atoms with Crippen molar-refractivity contribution in [3.05, 3.63) is 76.3 Å². The Balaban J connectivity index is 1.36. The quantitative estimate of drug-likeness (QED) is 0.693. The van der Waals surface area contributed by atoms with Gasteiger partial charge in [0.05, 0.1) is 5.69 Å². The predicted molar refractivity (Wildman–Crippen MR) is 112 cm³/mol. The summed E-state index contributed by atoms with van der Waals surface area (Å²) in [5, 5.41) is 3.54. The number of anilines is 1. The van der Waals surface area contributed by atoms with E-state index in [4.69, 9.17) is 4.74 Å². The molecule has 28 heavy (non-hydrogen) atoms. The molecule has 1 aliphatic heterocycles. The first-order valence-electron chi connectivity index (χ1n) is 9.39. The normalized spacial score (nSPS) is 13.8. The average Bonchev–Trinajstić information content (AvgIpc) is 3.09. The van der Waals surface area contributed by atoms with E-state index in [0.717, 1.165) is 42.9 Å². The zero-order chi connectivity index (χ0) is 19.3. The van der Waals surface area contributed by atoms with Crippen LogP contribution in [-0.2, 0) is 24.2 Å². The molecule has 0 fully saturated rings. The molecule has 0 radical (unpaired) electrons. The van der Waals surface area contributed by atoms with Crippen LogP contribution in [0.4, 0.5) is 5.13 Å². The van der Waals surface area contributed by atoms with E-state index in [2.05, 4.69) is 34.4 Å². The van der Waals surface area contributed by atoms with Crippen molar-refractivity contribution in [1.29, 1.82) is 0 Å². The Bertz CT molecular complexity index is 955. The van der Waals surface area contributed by atoms with Crippen molar-refractivity contribution in [1.82, 2.24) is 9.88 Å². The zero-order valence-electron chi connectivity index (χ0n) is 15.9. The van der Waals surface area contributed by atoms with Gasteiger partial charge in [-0.1, -0.05) is 48.5 Å². The third kappa shape index (κ3) is 4.58. The maximum Gasteiger partial charge on any atom is 0.264 e. The Hall–Kier alpha value is -2.70. The van der Waals surface area contributed by atoms with Gasteiger partial charge < -0.3 is 9.64 Å². The predicted octanol–water partition coefficient (Wildman–Crippen LogP) is 3.74. The fourth-order valence-corrected chi connectivity index (χ4v) is 4.39. The summed E-state index contributed by atoms with van der Waals surface area (Å²) in [6.07, 6.45) is 1.70. The first-order valence-corrected chi connectivity index (χ1v) is 10.2. The Morgan fingerprint density at radius 1 is 1.18 bits per heavy atom. The molecule has 2 aromatic carbocycles. The van der Waals surface area contributed by atoms with Crippen LogP contribution < -0.4 is 10.1 Å². The summed E-state index contributed by atoms with van der Waals surface area (Å²) < 4.78 is 5.82. The largest absolute Gasteiger partial charge is 0.483 e. The van der Waals surface area contributed by atoms with Gasteiger partial charge in [-0.2, -0.15) is 0 Å². The fraction of sp³-hybridized carbons (Fsp3) is 0.273. The molecule has 0 aliphatic carbocycles. The van der Waals surface area contributed by atoms with Crippen molar-refractivity contribution >= 4 is 22.4 Å². The van der Waals surface area contributed by atoms with E-state index in [9.17, 15) is 4.79 Å². The van der Waals surface area contributed by atoms with Crippen LogP contribution in [0.2, 0.25) is 0 Å². The molecule has 0 unspecified atom stereocenters. The Labute approximate surface area is 169 Å². The molecule has 144 valence electrons. The van der Waals surface area contributed by atoms with Gasteiger partial charge in [0.25, 0.3) is 5.91 Å². The smallest absolute Gasteiger partial charge is 0.264 e. The number of rotatable bonds is 6. The Morgan fingerprint density at radius 3 is 2.82 bits per heavy atom. The van der Waals surface area contributed by atoms with Crippen LogP contribution in [0.25, 0.3) is 0 Å². The highest BCUT2D eigenvalue weighted by Gasteiger charge is 2.19. The number of benzene rings is 2. The maximum atomic E-state index is 12.4. The molecule has 1 aliphatic rings. The molecule has 6 heteroatoms. The molecule has 0 saturated carbocycles. The number of ether oxygens (including phenoxy) is 1. The summed E-state index contributed by atoms with van der Waals surface area (Å²) >= 11 is 1.55. The van der Waals surface area contributed by atoms with Gasteiger partial charge in [-0.3, -0.25) is 10.1 Å². The summed E-state index contributed by atoms with van der Waals surface area (Å²) in [5.41, 5.74) is 3.38. The molecule has 5 nitrogen and oxygen atoms in total. The van der Waals surface area contributed by atoms with Crippen LogP contribution in [0, 0.1) is 0 Å². The average molecular weight is 394 g/mol. The summed E-state index contributed by atoms with van der Waals surface area (Å²) in [6, 6.07) is 18.1. The number of para-hydroxylation sites is 1. The number of aromatic nitrogens is 1. The number of carbonyl (C=O) groups is 1. The number of likely N-dealkylation sites (N-methyl/N-ethyl adjacent to an activating group) is 1. The molecule has 1 N–H and O–H groups in total. The second-order valence-electron chi connectivity index (χ2n) is 6.98. The van der Waals surface area contributed by atoms with Crippen LogP contribution >= 0.6 is 11.3 Å². The highest BCUT2D eigenvalue weighted by Crippen LogP contribution is 2.27. The van der Waals surface area contributed by atoms with E-state index in [1.165, 1.54) is 10.4 Å². The van der Waals surface area contributed by atoms with Crippen molar-refractivity contribution in [2.24, 2.45) is 0 Å². The van der Waals surface area contributed by atoms with Crippen molar-refractivity contribution in [2.45, 2.75) is 19.4 Å². The van der Waals surface area contributed by atoms with Crippen LogP contribution in [-0.4, -0.2) is 36.0 Å². The monoisotopic (exact) mass is 393 g/mol. The summed E-state index contributed by atoms with van der Waals surface area (Å²) in [5.74, 6) is 0.551.